The Morgan fingerprint density at radius 3 is 2.92 bits per heavy atom. The highest BCUT2D eigenvalue weighted by atomic mass is 16.5. The fourth-order valence-corrected chi connectivity index (χ4v) is 3.55. The highest BCUT2D eigenvalue weighted by Gasteiger charge is 2.28. The Morgan fingerprint density at radius 2 is 2.23 bits per heavy atom. The second-order valence-electron chi connectivity index (χ2n) is 6.53. The molecule has 1 aliphatic rings. The molecule has 0 aliphatic carbocycles. The number of methoxy groups -OCH3 is 1. The summed E-state index contributed by atoms with van der Waals surface area (Å²) in [6.07, 6.45) is 5.97. The van der Waals surface area contributed by atoms with Crippen LogP contribution in [0.5, 0.6) is 5.75 Å². The zero-order valence-corrected chi connectivity index (χ0v) is 15.4. The molecule has 1 N–H and O–H groups in total. The average Bonchev–Trinajstić information content (AvgIpc) is 3.17. The largest absolute Gasteiger partial charge is 0.495 e. The van der Waals surface area contributed by atoms with Crippen LogP contribution in [0.25, 0.3) is 0 Å². The van der Waals surface area contributed by atoms with Crippen LogP contribution in [0, 0.1) is 17.2 Å². The number of rotatable bonds is 7. The lowest BCUT2D eigenvalue weighted by atomic mass is 9.90. The average molecular weight is 354 g/mol. The van der Waals surface area contributed by atoms with E-state index in [1.165, 1.54) is 0 Å². The first-order valence-electron chi connectivity index (χ1n) is 9.16. The number of hydrogen-bond acceptors (Lipinski definition) is 5. The van der Waals surface area contributed by atoms with E-state index in [1.54, 1.807) is 7.11 Å². The Balaban J connectivity index is 1.79. The highest BCUT2D eigenvalue weighted by Crippen LogP contribution is 2.30. The van der Waals surface area contributed by atoms with Gasteiger partial charge in [-0.25, -0.2) is 4.98 Å². The molecule has 0 saturated carbocycles. The van der Waals surface area contributed by atoms with Crippen molar-refractivity contribution in [2.75, 3.05) is 20.3 Å². The van der Waals surface area contributed by atoms with E-state index in [2.05, 4.69) is 27.9 Å². The van der Waals surface area contributed by atoms with Gasteiger partial charge < -0.3 is 19.4 Å². The highest BCUT2D eigenvalue weighted by molar-refractivity contribution is 5.45. The fourth-order valence-electron chi connectivity index (χ4n) is 3.55. The van der Waals surface area contributed by atoms with E-state index in [4.69, 9.17) is 14.7 Å². The Labute approximate surface area is 154 Å². The van der Waals surface area contributed by atoms with E-state index in [0.717, 1.165) is 44.0 Å². The normalized spacial score (nSPS) is 16.2. The van der Waals surface area contributed by atoms with Gasteiger partial charge in [0, 0.05) is 38.7 Å². The summed E-state index contributed by atoms with van der Waals surface area (Å²) in [6.45, 7) is 5.35. The molecule has 2 heterocycles. The van der Waals surface area contributed by atoms with Gasteiger partial charge in [-0.1, -0.05) is 6.07 Å². The van der Waals surface area contributed by atoms with Gasteiger partial charge in [-0.3, -0.25) is 0 Å². The topological polar surface area (TPSA) is 72.1 Å². The van der Waals surface area contributed by atoms with Crippen LogP contribution in [0.3, 0.4) is 0 Å². The van der Waals surface area contributed by atoms with Gasteiger partial charge in [-0.05, 0) is 43.4 Å². The predicted octanol–water partition coefficient (Wildman–Crippen LogP) is 3.04. The molecule has 0 unspecified atom stereocenters. The zero-order chi connectivity index (χ0) is 18.4. The molecule has 2 aromatic rings. The second kappa shape index (κ2) is 8.84. The third-order valence-electron chi connectivity index (χ3n) is 5.02. The third kappa shape index (κ3) is 4.06. The van der Waals surface area contributed by atoms with Crippen molar-refractivity contribution in [2.45, 2.75) is 38.9 Å². The molecular formula is C20H26N4O2. The number of aromatic nitrogens is 2. The summed E-state index contributed by atoms with van der Waals surface area (Å²) in [5.74, 6) is 2.20. The molecule has 3 rings (SSSR count). The third-order valence-corrected chi connectivity index (χ3v) is 5.02. The maximum absolute atomic E-state index is 9.14. The van der Waals surface area contributed by atoms with Gasteiger partial charge in [0.1, 0.15) is 17.6 Å². The molecule has 1 aromatic heterocycles. The van der Waals surface area contributed by atoms with Crippen molar-refractivity contribution in [3.63, 3.8) is 0 Å². The van der Waals surface area contributed by atoms with Crippen molar-refractivity contribution in [1.29, 1.82) is 5.26 Å². The van der Waals surface area contributed by atoms with Crippen LogP contribution >= 0.6 is 0 Å². The first-order valence-corrected chi connectivity index (χ1v) is 9.16. The van der Waals surface area contributed by atoms with Crippen LogP contribution < -0.4 is 10.1 Å². The fraction of sp³-hybridized carbons (Fsp3) is 0.500. The number of imidazole rings is 1. The van der Waals surface area contributed by atoms with E-state index in [1.807, 2.05) is 30.6 Å². The van der Waals surface area contributed by atoms with Gasteiger partial charge in [0.05, 0.1) is 18.7 Å². The van der Waals surface area contributed by atoms with Gasteiger partial charge in [-0.2, -0.15) is 5.26 Å². The quantitative estimate of drug-likeness (QED) is 0.827. The van der Waals surface area contributed by atoms with E-state index in [0.29, 0.717) is 23.8 Å². The van der Waals surface area contributed by atoms with Crippen molar-refractivity contribution in [2.24, 2.45) is 5.92 Å². The first-order chi connectivity index (χ1) is 12.8. The lowest BCUT2D eigenvalue weighted by molar-refractivity contribution is 0.0517. The van der Waals surface area contributed by atoms with Crippen molar-refractivity contribution in [3.8, 4) is 11.8 Å². The molecule has 0 bridgehead atoms. The minimum absolute atomic E-state index is 0.176. The predicted molar refractivity (Wildman–Crippen MR) is 98.7 cm³/mol. The number of nitrogens with one attached hydrogen (secondary N) is 1. The summed E-state index contributed by atoms with van der Waals surface area (Å²) in [5.41, 5.74) is 1.64. The van der Waals surface area contributed by atoms with Crippen LogP contribution in [-0.2, 0) is 17.8 Å². The SMILES string of the molecule is CCn1ccnc1[C@@H](NCc1ccc(C#N)c(OC)c1)C1CCOCC1. The number of ether oxygens (including phenoxy) is 2. The number of nitriles is 1. The summed E-state index contributed by atoms with van der Waals surface area (Å²) in [4.78, 5) is 4.63. The minimum atomic E-state index is 0.176. The maximum Gasteiger partial charge on any atom is 0.136 e. The molecule has 0 amide bonds. The van der Waals surface area contributed by atoms with Crippen molar-refractivity contribution >= 4 is 0 Å². The Hall–Kier alpha value is -2.36. The van der Waals surface area contributed by atoms with Crippen molar-refractivity contribution in [3.05, 3.63) is 47.5 Å². The second-order valence-corrected chi connectivity index (χ2v) is 6.53. The van der Waals surface area contributed by atoms with Gasteiger partial charge in [0.25, 0.3) is 0 Å². The monoisotopic (exact) mass is 354 g/mol. The number of benzene rings is 1. The molecular weight excluding hydrogens is 328 g/mol. The molecule has 26 heavy (non-hydrogen) atoms. The van der Waals surface area contributed by atoms with Crippen LogP contribution in [0.15, 0.2) is 30.6 Å². The summed E-state index contributed by atoms with van der Waals surface area (Å²) >= 11 is 0. The standard InChI is InChI=1S/C20H26N4O2/c1-3-24-9-8-22-20(24)19(16-6-10-26-11-7-16)23-14-15-4-5-17(13-21)18(12-15)25-2/h4-5,8-9,12,16,19,23H,3,6-7,10-11,14H2,1-2H3/t19-/m0/s1. The number of nitrogens with zero attached hydrogens (tertiary/aromatic N) is 3. The van der Waals surface area contributed by atoms with Crippen LogP contribution in [0.1, 0.15) is 42.8 Å². The van der Waals surface area contributed by atoms with E-state index in [-0.39, 0.29) is 6.04 Å². The summed E-state index contributed by atoms with van der Waals surface area (Å²) in [5, 5.41) is 12.8. The molecule has 1 atom stereocenters. The smallest absolute Gasteiger partial charge is 0.136 e. The lowest BCUT2D eigenvalue weighted by Crippen LogP contribution is -2.34. The number of hydrogen-bond donors (Lipinski definition) is 1. The van der Waals surface area contributed by atoms with Gasteiger partial charge in [-0.15, -0.1) is 0 Å². The molecule has 6 nitrogen and oxygen atoms in total. The lowest BCUT2D eigenvalue weighted by Gasteiger charge is -2.31. The Kier molecular flexibility index (Phi) is 6.26. The van der Waals surface area contributed by atoms with Crippen LogP contribution in [0.2, 0.25) is 0 Å². The molecule has 0 spiro atoms. The van der Waals surface area contributed by atoms with Crippen LogP contribution in [0.4, 0.5) is 0 Å². The summed E-state index contributed by atoms with van der Waals surface area (Å²) in [7, 11) is 1.59. The van der Waals surface area contributed by atoms with Gasteiger partial charge in [0.15, 0.2) is 0 Å². The van der Waals surface area contributed by atoms with Crippen LogP contribution in [-0.4, -0.2) is 29.9 Å². The van der Waals surface area contributed by atoms with Crippen molar-refractivity contribution < 1.29 is 9.47 Å². The van der Waals surface area contributed by atoms with Crippen molar-refractivity contribution in [1.82, 2.24) is 14.9 Å². The Morgan fingerprint density at radius 1 is 1.42 bits per heavy atom. The molecule has 1 aliphatic heterocycles. The molecule has 1 aromatic carbocycles. The molecule has 1 saturated heterocycles. The zero-order valence-electron chi connectivity index (χ0n) is 15.4. The van der Waals surface area contributed by atoms with E-state index < -0.39 is 0 Å². The van der Waals surface area contributed by atoms with Gasteiger partial charge >= 0.3 is 0 Å². The molecule has 138 valence electrons. The van der Waals surface area contributed by atoms with E-state index >= 15 is 0 Å². The number of aryl methyl sites for hydroxylation is 1. The Bertz CT molecular complexity index is 759. The molecule has 1 fully saturated rings. The summed E-state index contributed by atoms with van der Waals surface area (Å²) in [6, 6.07) is 8.05. The first kappa shape index (κ1) is 18.4. The molecule has 0 radical (unpaired) electrons. The molecule has 6 heteroatoms. The maximum atomic E-state index is 9.14. The summed E-state index contributed by atoms with van der Waals surface area (Å²) < 4.78 is 13.1. The van der Waals surface area contributed by atoms with Gasteiger partial charge in [0.2, 0.25) is 0 Å². The minimum Gasteiger partial charge on any atom is -0.495 e. The van der Waals surface area contributed by atoms with E-state index in [9.17, 15) is 0 Å².